The fourth-order valence-corrected chi connectivity index (χ4v) is 13.1. The van der Waals surface area contributed by atoms with Crippen LogP contribution in [0.25, 0.3) is 0 Å². The van der Waals surface area contributed by atoms with Crippen LogP contribution in [-0.4, -0.2) is 96.7 Å². The molecule has 95 heavy (non-hydrogen) atoms. The zero-order valence-electron chi connectivity index (χ0n) is 62.1. The molecule has 0 aliphatic rings. The normalized spacial score (nSPS) is 14.4. The predicted molar refractivity (Wildman–Crippen MR) is 386 cm³/mol. The molecule has 17 nitrogen and oxygen atoms in total. The van der Waals surface area contributed by atoms with Gasteiger partial charge in [0.25, 0.3) is 0 Å². The lowest BCUT2D eigenvalue weighted by atomic mass is 9.99. The Morgan fingerprint density at radius 2 is 0.537 bits per heavy atom. The minimum atomic E-state index is -4.96. The fourth-order valence-electron chi connectivity index (χ4n) is 11.6. The SMILES string of the molecule is CCCCCCCCCCCCCCCCC(=O)O[C@H](COC(=O)CCCCCCCCCCCC(C)C)COP(=O)(O)OC[C@H](O)COP(=O)(O)OC[C@@H](COC(=O)CCCCCCCCCCCCC(C)CC)OC(=O)CCCCCCCCCCCCCCC(C)C. The van der Waals surface area contributed by atoms with Gasteiger partial charge in [-0.2, -0.15) is 0 Å². The van der Waals surface area contributed by atoms with Gasteiger partial charge >= 0.3 is 39.5 Å². The van der Waals surface area contributed by atoms with Crippen molar-refractivity contribution in [3.63, 3.8) is 0 Å². The smallest absolute Gasteiger partial charge is 0.462 e. The first-order valence-corrected chi connectivity index (χ1v) is 42.4. The van der Waals surface area contributed by atoms with Crippen LogP contribution in [0.2, 0.25) is 0 Å². The molecule has 0 fully saturated rings. The molecule has 564 valence electrons. The van der Waals surface area contributed by atoms with Crippen LogP contribution in [0.4, 0.5) is 0 Å². The van der Waals surface area contributed by atoms with Crippen molar-refractivity contribution in [1.29, 1.82) is 0 Å². The molecule has 0 rings (SSSR count). The summed E-state index contributed by atoms with van der Waals surface area (Å²) in [5.41, 5.74) is 0. The Morgan fingerprint density at radius 3 is 0.800 bits per heavy atom. The lowest BCUT2D eigenvalue weighted by Crippen LogP contribution is -2.30. The Bertz CT molecular complexity index is 1850. The Hall–Kier alpha value is -1.94. The summed E-state index contributed by atoms with van der Waals surface area (Å²) in [4.78, 5) is 72.9. The van der Waals surface area contributed by atoms with E-state index in [4.69, 9.17) is 37.0 Å². The van der Waals surface area contributed by atoms with Gasteiger partial charge in [-0.25, -0.2) is 9.13 Å². The summed E-state index contributed by atoms with van der Waals surface area (Å²) in [5, 5.41) is 10.6. The fraction of sp³-hybridized carbons (Fsp3) is 0.947. The van der Waals surface area contributed by atoms with Gasteiger partial charge in [-0.1, -0.05) is 337 Å². The van der Waals surface area contributed by atoms with E-state index in [0.29, 0.717) is 25.7 Å². The third-order valence-electron chi connectivity index (χ3n) is 18.0. The highest BCUT2D eigenvalue weighted by atomic mass is 31.2. The highest BCUT2D eigenvalue weighted by molar-refractivity contribution is 7.47. The maximum Gasteiger partial charge on any atom is 0.472 e. The van der Waals surface area contributed by atoms with Crippen molar-refractivity contribution in [2.45, 2.75) is 407 Å². The van der Waals surface area contributed by atoms with E-state index in [0.717, 1.165) is 108 Å². The molecule has 3 unspecified atom stereocenters. The van der Waals surface area contributed by atoms with Crippen molar-refractivity contribution in [3.05, 3.63) is 0 Å². The second kappa shape index (κ2) is 66.6. The van der Waals surface area contributed by atoms with Gasteiger partial charge in [0.2, 0.25) is 0 Å². The molecule has 0 aromatic heterocycles. The van der Waals surface area contributed by atoms with Crippen molar-refractivity contribution in [2.75, 3.05) is 39.6 Å². The van der Waals surface area contributed by atoms with E-state index in [1.54, 1.807) is 0 Å². The van der Waals surface area contributed by atoms with Crippen molar-refractivity contribution in [3.8, 4) is 0 Å². The van der Waals surface area contributed by atoms with Gasteiger partial charge in [0.05, 0.1) is 26.4 Å². The average Bonchev–Trinajstić information content (AvgIpc) is 1.88. The molecule has 19 heteroatoms. The minimum absolute atomic E-state index is 0.107. The van der Waals surface area contributed by atoms with Gasteiger partial charge < -0.3 is 33.8 Å². The third kappa shape index (κ3) is 69.0. The third-order valence-corrected chi connectivity index (χ3v) is 19.9. The van der Waals surface area contributed by atoms with Crippen molar-refractivity contribution in [2.24, 2.45) is 17.8 Å². The quantitative estimate of drug-likeness (QED) is 0.0222. The van der Waals surface area contributed by atoms with Crippen LogP contribution >= 0.6 is 15.6 Å². The van der Waals surface area contributed by atoms with E-state index in [1.165, 1.54) is 199 Å². The Labute approximate surface area is 581 Å². The van der Waals surface area contributed by atoms with E-state index < -0.39 is 97.5 Å². The van der Waals surface area contributed by atoms with E-state index >= 15 is 0 Å². The second-order valence-corrected chi connectivity index (χ2v) is 31.5. The highest BCUT2D eigenvalue weighted by Gasteiger charge is 2.30. The molecule has 0 spiro atoms. The lowest BCUT2D eigenvalue weighted by Gasteiger charge is -2.21. The van der Waals surface area contributed by atoms with Crippen molar-refractivity contribution in [1.82, 2.24) is 0 Å². The summed E-state index contributed by atoms with van der Waals surface area (Å²) in [6.07, 6.45) is 52.5. The number of aliphatic hydroxyl groups excluding tert-OH is 1. The van der Waals surface area contributed by atoms with E-state index in [2.05, 4.69) is 48.5 Å². The molecule has 0 saturated heterocycles. The number of hydrogen-bond donors (Lipinski definition) is 3. The first kappa shape index (κ1) is 93.1. The van der Waals surface area contributed by atoms with Crippen LogP contribution in [0, 0.1) is 17.8 Å². The highest BCUT2D eigenvalue weighted by Crippen LogP contribution is 2.45. The Morgan fingerprint density at radius 1 is 0.305 bits per heavy atom. The largest absolute Gasteiger partial charge is 0.472 e. The maximum atomic E-state index is 13.1. The molecular formula is C76H148O17P2. The number of unbranched alkanes of at least 4 members (excludes halogenated alkanes) is 41. The Kier molecular flexibility index (Phi) is 65.2. The second-order valence-electron chi connectivity index (χ2n) is 28.6. The topological polar surface area (TPSA) is 237 Å². The van der Waals surface area contributed by atoms with Crippen LogP contribution < -0.4 is 0 Å². The number of rotatable bonds is 74. The minimum Gasteiger partial charge on any atom is -0.462 e. The number of carbonyl (C=O) groups is 4. The number of phosphoric acid groups is 2. The van der Waals surface area contributed by atoms with Crippen LogP contribution in [0.5, 0.6) is 0 Å². The van der Waals surface area contributed by atoms with Crippen LogP contribution in [0.3, 0.4) is 0 Å². The summed E-state index contributed by atoms with van der Waals surface area (Å²) >= 11 is 0. The molecule has 6 atom stereocenters. The monoisotopic (exact) mass is 1400 g/mol. The van der Waals surface area contributed by atoms with Gasteiger partial charge in [-0.05, 0) is 43.4 Å². The lowest BCUT2D eigenvalue weighted by molar-refractivity contribution is -0.161. The molecule has 3 N–H and O–H groups in total. The molecule has 0 aromatic carbocycles. The van der Waals surface area contributed by atoms with Gasteiger partial charge in [0.15, 0.2) is 12.2 Å². The molecule has 0 radical (unpaired) electrons. The molecule has 0 bridgehead atoms. The van der Waals surface area contributed by atoms with E-state index in [-0.39, 0.29) is 25.7 Å². The van der Waals surface area contributed by atoms with Gasteiger partial charge in [-0.15, -0.1) is 0 Å². The average molecular weight is 1400 g/mol. The van der Waals surface area contributed by atoms with Gasteiger partial charge in [-0.3, -0.25) is 37.3 Å². The van der Waals surface area contributed by atoms with Crippen LogP contribution in [-0.2, 0) is 65.4 Å². The van der Waals surface area contributed by atoms with Gasteiger partial charge in [0, 0.05) is 25.7 Å². The molecular weight excluding hydrogens is 1250 g/mol. The summed E-state index contributed by atoms with van der Waals surface area (Å²) in [6.45, 7) is 11.9. The molecule has 0 aromatic rings. The maximum absolute atomic E-state index is 13.1. The molecule has 0 aliphatic carbocycles. The van der Waals surface area contributed by atoms with E-state index in [1.807, 2.05) is 0 Å². The van der Waals surface area contributed by atoms with Gasteiger partial charge in [0.1, 0.15) is 19.3 Å². The number of esters is 4. The first-order valence-electron chi connectivity index (χ1n) is 39.4. The number of carbonyl (C=O) groups excluding carboxylic acids is 4. The number of aliphatic hydroxyl groups is 1. The molecule has 0 heterocycles. The molecule has 0 aliphatic heterocycles. The zero-order chi connectivity index (χ0) is 70.1. The van der Waals surface area contributed by atoms with Crippen LogP contribution in [0.15, 0.2) is 0 Å². The number of hydrogen-bond acceptors (Lipinski definition) is 15. The zero-order valence-corrected chi connectivity index (χ0v) is 63.9. The first-order chi connectivity index (χ1) is 45.8. The summed E-state index contributed by atoms with van der Waals surface area (Å²) in [5.74, 6) is 0.214. The number of phosphoric ester groups is 2. The van der Waals surface area contributed by atoms with Crippen LogP contribution in [0.1, 0.15) is 389 Å². The predicted octanol–water partition coefficient (Wildman–Crippen LogP) is 22.2. The molecule has 0 amide bonds. The summed E-state index contributed by atoms with van der Waals surface area (Å²) < 4.78 is 68.6. The van der Waals surface area contributed by atoms with Crippen molar-refractivity contribution >= 4 is 39.5 Å². The summed E-state index contributed by atoms with van der Waals surface area (Å²) in [6, 6.07) is 0. The standard InChI is InChI=1S/C76H148O17P2/c1-8-10-11-12-13-14-15-16-17-21-30-38-45-52-59-75(80)93-72(64-87-74(79)58-51-44-37-32-25-27-34-41-48-55-68(5)6)66-91-95(84,85)89-62-70(77)61-88-94(82,83)90-65-71(63-86-73(78)57-50-43-36-29-24-23-28-35-42-49-56-69(7)9-2)92-76(81)60-53-46-39-31-22-19-18-20-26-33-40-47-54-67(3)4/h67-72,77H,8-66H2,1-7H3,(H,82,83)(H,84,85)/t69?,70-,71-,72-/m1/s1. The number of ether oxygens (including phenoxy) is 4. The van der Waals surface area contributed by atoms with Crippen molar-refractivity contribution < 1.29 is 80.2 Å². The Balaban J connectivity index is 5.28. The van der Waals surface area contributed by atoms with E-state index in [9.17, 15) is 43.2 Å². The molecule has 0 saturated carbocycles. The summed E-state index contributed by atoms with van der Waals surface area (Å²) in [7, 11) is -9.91.